The topological polar surface area (TPSA) is 66.5 Å². The van der Waals surface area contributed by atoms with Gasteiger partial charge in [0, 0.05) is 23.9 Å². The molecule has 3 aromatic rings. The predicted molar refractivity (Wildman–Crippen MR) is 70.4 cm³/mol. The third-order valence-corrected chi connectivity index (χ3v) is 2.95. The molecule has 0 radical (unpaired) electrons. The van der Waals surface area contributed by atoms with Gasteiger partial charge in [-0.25, -0.2) is 4.79 Å². The molecule has 0 fully saturated rings. The quantitative estimate of drug-likeness (QED) is 0.738. The minimum Gasteiger partial charge on any atom is -0.306 e. The van der Waals surface area contributed by atoms with Gasteiger partial charge in [0.15, 0.2) is 0 Å². The molecule has 5 heteroatoms. The average molecular weight is 242 g/mol. The summed E-state index contributed by atoms with van der Waals surface area (Å²) in [4.78, 5) is 16.9. The molecule has 0 atom stereocenters. The van der Waals surface area contributed by atoms with Crippen LogP contribution in [-0.4, -0.2) is 19.7 Å². The summed E-state index contributed by atoms with van der Waals surface area (Å²) in [7, 11) is 0. The molecule has 0 bridgehead atoms. The number of nitrogens with zero attached hydrogens (tertiary/aromatic N) is 2. The maximum Gasteiger partial charge on any atom is 0.323 e. The number of hydrogen-bond donors (Lipinski definition) is 2. The van der Waals surface area contributed by atoms with Crippen LogP contribution in [0.1, 0.15) is 13.3 Å². The SMILES string of the molecule is CCCn1cc(-c2cccc3[nH]c(=O)[nH]c23)cn1. The first-order valence-electron chi connectivity index (χ1n) is 6.02. The van der Waals surface area contributed by atoms with E-state index in [9.17, 15) is 4.79 Å². The summed E-state index contributed by atoms with van der Waals surface area (Å²) in [5, 5.41) is 4.31. The van der Waals surface area contributed by atoms with Crippen LogP contribution in [0.25, 0.3) is 22.2 Å². The van der Waals surface area contributed by atoms with Crippen LogP contribution in [0, 0.1) is 0 Å². The first-order chi connectivity index (χ1) is 8.78. The highest BCUT2D eigenvalue weighted by Crippen LogP contribution is 2.25. The number of nitrogens with one attached hydrogen (secondary N) is 2. The molecule has 2 aromatic heterocycles. The largest absolute Gasteiger partial charge is 0.323 e. The Labute approximate surface area is 103 Å². The number of hydrogen-bond acceptors (Lipinski definition) is 2. The van der Waals surface area contributed by atoms with Crippen molar-refractivity contribution in [2.45, 2.75) is 19.9 Å². The van der Waals surface area contributed by atoms with Crippen molar-refractivity contribution in [2.75, 3.05) is 0 Å². The Morgan fingerprint density at radius 3 is 3.06 bits per heavy atom. The van der Waals surface area contributed by atoms with Crippen molar-refractivity contribution in [1.82, 2.24) is 19.7 Å². The summed E-state index contributed by atoms with van der Waals surface area (Å²) in [6.07, 6.45) is 4.88. The molecule has 0 aliphatic heterocycles. The fraction of sp³-hybridized carbons (Fsp3) is 0.231. The minimum absolute atomic E-state index is 0.182. The van der Waals surface area contributed by atoms with Gasteiger partial charge >= 0.3 is 5.69 Å². The monoisotopic (exact) mass is 242 g/mol. The van der Waals surface area contributed by atoms with Gasteiger partial charge in [0.05, 0.1) is 17.2 Å². The Morgan fingerprint density at radius 2 is 2.22 bits per heavy atom. The lowest BCUT2D eigenvalue weighted by Gasteiger charge is -1.99. The first-order valence-corrected chi connectivity index (χ1v) is 6.02. The van der Waals surface area contributed by atoms with Gasteiger partial charge in [-0.3, -0.25) is 4.68 Å². The zero-order valence-corrected chi connectivity index (χ0v) is 10.1. The Kier molecular flexibility index (Phi) is 2.51. The molecular weight excluding hydrogens is 228 g/mol. The van der Waals surface area contributed by atoms with Gasteiger partial charge < -0.3 is 9.97 Å². The number of rotatable bonds is 3. The number of para-hydroxylation sites is 1. The normalized spacial score (nSPS) is 11.2. The molecule has 0 saturated heterocycles. The van der Waals surface area contributed by atoms with Crippen LogP contribution in [0.4, 0.5) is 0 Å². The number of aromatic amines is 2. The molecule has 92 valence electrons. The van der Waals surface area contributed by atoms with E-state index in [-0.39, 0.29) is 5.69 Å². The number of aromatic nitrogens is 4. The van der Waals surface area contributed by atoms with Gasteiger partial charge in [0.2, 0.25) is 0 Å². The highest BCUT2D eigenvalue weighted by atomic mass is 16.1. The van der Waals surface area contributed by atoms with Crippen molar-refractivity contribution < 1.29 is 0 Å². The molecule has 0 amide bonds. The zero-order chi connectivity index (χ0) is 12.5. The lowest BCUT2D eigenvalue weighted by molar-refractivity contribution is 0.603. The smallest absolute Gasteiger partial charge is 0.306 e. The van der Waals surface area contributed by atoms with Crippen molar-refractivity contribution >= 4 is 11.0 Å². The van der Waals surface area contributed by atoms with Crippen LogP contribution < -0.4 is 5.69 Å². The highest BCUT2D eigenvalue weighted by Gasteiger charge is 2.08. The van der Waals surface area contributed by atoms with Crippen molar-refractivity contribution in [2.24, 2.45) is 0 Å². The van der Waals surface area contributed by atoms with Crippen molar-refractivity contribution in [1.29, 1.82) is 0 Å². The van der Waals surface area contributed by atoms with E-state index in [1.165, 1.54) is 0 Å². The van der Waals surface area contributed by atoms with Crippen molar-refractivity contribution in [3.8, 4) is 11.1 Å². The summed E-state index contributed by atoms with van der Waals surface area (Å²) in [6.45, 7) is 3.02. The molecular formula is C13H14N4O. The van der Waals surface area contributed by atoms with Gasteiger partial charge in [0.1, 0.15) is 0 Å². The lowest BCUT2D eigenvalue weighted by Crippen LogP contribution is -1.99. The van der Waals surface area contributed by atoms with E-state index in [1.807, 2.05) is 35.3 Å². The van der Waals surface area contributed by atoms with Crippen LogP contribution in [0.3, 0.4) is 0 Å². The molecule has 0 spiro atoms. The van der Waals surface area contributed by atoms with Crippen LogP contribution in [0.2, 0.25) is 0 Å². The summed E-state index contributed by atoms with van der Waals surface area (Å²) < 4.78 is 1.92. The zero-order valence-electron chi connectivity index (χ0n) is 10.1. The summed E-state index contributed by atoms with van der Waals surface area (Å²) in [5.41, 5.74) is 3.48. The van der Waals surface area contributed by atoms with Crippen LogP contribution in [-0.2, 0) is 6.54 Å². The van der Waals surface area contributed by atoms with E-state index in [1.54, 1.807) is 0 Å². The molecule has 2 heterocycles. The first kappa shape index (κ1) is 10.8. The minimum atomic E-state index is -0.182. The second kappa shape index (κ2) is 4.18. The average Bonchev–Trinajstić information content (AvgIpc) is 2.94. The van der Waals surface area contributed by atoms with Gasteiger partial charge in [-0.2, -0.15) is 5.10 Å². The molecule has 0 aliphatic carbocycles. The van der Waals surface area contributed by atoms with Gasteiger partial charge in [-0.15, -0.1) is 0 Å². The maximum atomic E-state index is 11.3. The second-order valence-electron chi connectivity index (χ2n) is 4.30. The summed E-state index contributed by atoms with van der Waals surface area (Å²) >= 11 is 0. The summed E-state index contributed by atoms with van der Waals surface area (Å²) in [5.74, 6) is 0. The Morgan fingerprint density at radius 1 is 1.33 bits per heavy atom. The Hall–Kier alpha value is -2.30. The summed E-state index contributed by atoms with van der Waals surface area (Å²) in [6, 6.07) is 5.80. The van der Waals surface area contributed by atoms with E-state index in [0.717, 1.165) is 35.1 Å². The Balaban J connectivity index is 2.15. The number of H-pyrrole nitrogens is 2. The van der Waals surface area contributed by atoms with Gasteiger partial charge in [0.25, 0.3) is 0 Å². The second-order valence-corrected chi connectivity index (χ2v) is 4.30. The number of benzene rings is 1. The lowest BCUT2D eigenvalue weighted by atomic mass is 10.1. The van der Waals surface area contributed by atoms with E-state index in [2.05, 4.69) is 22.0 Å². The fourth-order valence-electron chi connectivity index (χ4n) is 2.15. The predicted octanol–water partition coefficient (Wildman–Crippen LogP) is 2.13. The fourth-order valence-corrected chi connectivity index (χ4v) is 2.15. The van der Waals surface area contributed by atoms with Crippen molar-refractivity contribution in [3.63, 3.8) is 0 Å². The molecule has 18 heavy (non-hydrogen) atoms. The van der Waals surface area contributed by atoms with Crippen LogP contribution >= 0.6 is 0 Å². The van der Waals surface area contributed by atoms with E-state index >= 15 is 0 Å². The van der Waals surface area contributed by atoms with E-state index in [4.69, 9.17) is 0 Å². The molecule has 2 N–H and O–H groups in total. The molecule has 5 nitrogen and oxygen atoms in total. The van der Waals surface area contributed by atoms with Gasteiger partial charge in [-0.1, -0.05) is 19.1 Å². The van der Waals surface area contributed by atoms with E-state index < -0.39 is 0 Å². The number of fused-ring (bicyclic) bond motifs is 1. The molecule has 0 saturated carbocycles. The molecule has 3 rings (SSSR count). The maximum absolute atomic E-state index is 11.3. The van der Waals surface area contributed by atoms with E-state index in [0.29, 0.717) is 0 Å². The van der Waals surface area contributed by atoms with Crippen LogP contribution in [0.15, 0.2) is 35.4 Å². The van der Waals surface area contributed by atoms with Gasteiger partial charge in [-0.05, 0) is 12.5 Å². The third kappa shape index (κ3) is 1.73. The highest BCUT2D eigenvalue weighted by molar-refractivity contribution is 5.91. The molecule has 1 aromatic carbocycles. The number of imidazole rings is 1. The standard InChI is InChI=1S/C13H14N4O/c1-2-6-17-8-9(7-14-17)10-4-3-5-11-12(10)16-13(18)15-11/h3-5,7-8H,2,6H2,1H3,(H2,15,16,18). The number of aryl methyl sites for hydroxylation is 1. The van der Waals surface area contributed by atoms with Crippen molar-refractivity contribution in [3.05, 3.63) is 41.1 Å². The van der Waals surface area contributed by atoms with Crippen LogP contribution in [0.5, 0.6) is 0 Å². The molecule has 0 unspecified atom stereocenters. The third-order valence-electron chi connectivity index (χ3n) is 2.95. The molecule has 0 aliphatic rings. The Bertz CT molecular complexity index is 735.